The van der Waals surface area contributed by atoms with Crippen LogP contribution in [0.5, 0.6) is 0 Å². The standard InChI is InChI=1S/C21H42O5/c1-8-11-14-24-15-16(4)18(22)17(5)19(23)21(6,7)20(25-12-9-2)26-13-10-3/h16-18,20,22H,8-15H2,1-7H3/t16-,17+,18-/m0/s1. The normalized spacial score (nSPS) is 15.9. The average Bonchev–Trinajstić information content (AvgIpc) is 2.62. The van der Waals surface area contributed by atoms with Crippen LogP contribution < -0.4 is 0 Å². The molecule has 5 heteroatoms. The first-order chi connectivity index (χ1) is 12.2. The molecule has 0 bridgehead atoms. The van der Waals surface area contributed by atoms with E-state index in [2.05, 4.69) is 6.92 Å². The molecule has 0 fully saturated rings. The maximum Gasteiger partial charge on any atom is 0.169 e. The summed E-state index contributed by atoms with van der Waals surface area (Å²) in [6.07, 6.45) is 2.47. The summed E-state index contributed by atoms with van der Waals surface area (Å²) in [7, 11) is 0. The predicted molar refractivity (Wildman–Crippen MR) is 105 cm³/mol. The third-order valence-corrected chi connectivity index (χ3v) is 4.70. The van der Waals surface area contributed by atoms with E-state index in [0.29, 0.717) is 26.4 Å². The minimum absolute atomic E-state index is 0.0392. The van der Waals surface area contributed by atoms with Gasteiger partial charge < -0.3 is 19.3 Å². The fourth-order valence-electron chi connectivity index (χ4n) is 2.88. The Morgan fingerprint density at radius 3 is 1.96 bits per heavy atom. The lowest BCUT2D eigenvalue weighted by Gasteiger charge is -2.36. The highest BCUT2D eigenvalue weighted by Crippen LogP contribution is 2.32. The Morgan fingerprint density at radius 2 is 1.50 bits per heavy atom. The highest BCUT2D eigenvalue weighted by molar-refractivity contribution is 5.87. The molecule has 0 unspecified atom stereocenters. The van der Waals surface area contributed by atoms with E-state index < -0.39 is 23.7 Å². The molecule has 3 atom stereocenters. The minimum Gasteiger partial charge on any atom is -0.392 e. The fraction of sp³-hybridized carbons (Fsp3) is 0.952. The number of unbranched alkanes of at least 4 members (excludes halogenated alkanes) is 1. The maximum absolute atomic E-state index is 13.1. The highest BCUT2D eigenvalue weighted by atomic mass is 16.7. The third-order valence-electron chi connectivity index (χ3n) is 4.70. The van der Waals surface area contributed by atoms with E-state index in [1.54, 1.807) is 6.92 Å². The number of rotatable bonds is 16. The number of hydrogen-bond donors (Lipinski definition) is 1. The molecule has 0 aromatic rings. The van der Waals surface area contributed by atoms with Crippen LogP contribution in [0, 0.1) is 17.3 Å². The van der Waals surface area contributed by atoms with Gasteiger partial charge in [-0.15, -0.1) is 0 Å². The fourth-order valence-corrected chi connectivity index (χ4v) is 2.88. The van der Waals surface area contributed by atoms with E-state index in [1.807, 2.05) is 34.6 Å². The first-order valence-electron chi connectivity index (χ1n) is 10.3. The molecule has 0 aliphatic carbocycles. The second kappa shape index (κ2) is 13.6. The van der Waals surface area contributed by atoms with Gasteiger partial charge in [-0.1, -0.05) is 41.0 Å². The maximum atomic E-state index is 13.1. The molecule has 0 spiro atoms. The van der Waals surface area contributed by atoms with Crippen molar-refractivity contribution >= 4 is 5.78 Å². The second-order valence-corrected chi connectivity index (χ2v) is 7.84. The number of ether oxygens (including phenoxy) is 3. The van der Waals surface area contributed by atoms with Crippen molar-refractivity contribution in [2.24, 2.45) is 17.3 Å². The Balaban J connectivity index is 4.89. The third kappa shape index (κ3) is 8.47. The van der Waals surface area contributed by atoms with Crippen molar-refractivity contribution < 1.29 is 24.1 Å². The molecule has 1 N–H and O–H groups in total. The number of carbonyl (C=O) groups is 1. The lowest BCUT2D eigenvalue weighted by molar-refractivity contribution is -0.204. The SMILES string of the molecule is CCCCOC[C@H](C)[C@H](O)[C@@H](C)C(=O)C(C)(C)C(OCCC)OCCC. The second-order valence-electron chi connectivity index (χ2n) is 7.84. The quantitative estimate of drug-likeness (QED) is 0.324. The lowest BCUT2D eigenvalue weighted by Crippen LogP contribution is -2.47. The Labute approximate surface area is 160 Å². The summed E-state index contributed by atoms with van der Waals surface area (Å²) in [6, 6.07) is 0. The average molecular weight is 375 g/mol. The molecule has 26 heavy (non-hydrogen) atoms. The van der Waals surface area contributed by atoms with Gasteiger partial charge in [0.05, 0.1) is 18.1 Å². The lowest BCUT2D eigenvalue weighted by atomic mass is 9.77. The van der Waals surface area contributed by atoms with Gasteiger partial charge in [0, 0.05) is 31.7 Å². The van der Waals surface area contributed by atoms with Crippen LogP contribution in [0.2, 0.25) is 0 Å². The van der Waals surface area contributed by atoms with Crippen molar-refractivity contribution in [2.75, 3.05) is 26.4 Å². The smallest absolute Gasteiger partial charge is 0.169 e. The Bertz CT molecular complexity index is 361. The summed E-state index contributed by atoms with van der Waals surface area (Å²) in [4.78, 5) is 13.1. The summed E-state index contributed by atoms with van der Waals surface area (Å²) in [5.74, 6) is -0.650. The minimum atomic E-state index is -0.826. The summed E-state index contributed by atoms with van der Waals surface area (Å²) < 4.78 is 17.2. The van der Waals surface area contributed by atoms with Gasteiger partial charge in [0.1, 0.15) is 5.78 Å². The van der Waals surface area contributed by atoms with Crippen LogP contribution in [-0.2, 0) is 19.0 Å². The van der Waals surface area contributed by atoms with E-state index >= 15 is 0 Å². The topological polar surface area (TPSA) is 65.0 Å². The number of aliphatic hydroxyl groups excluding tert-OH is 1. The zero-order valence-electron chi connectivity index (χ0n) is 18.0. The van der Waals surface area contributed by atoms with Crippen LogP contribution in [0.4, 0.5) is 0 Å². The molecule has 0 saturated heterocycles. The molecular weight excluding hydrogens is 332 g/mol. The van der Waals surface area contributed by atoms with Crippen LogP contribution in [0.3, 0.4) is 0 Å². The van der Waals surface area contributed by atoms with Gasteiger partial charge >= 0.3 is 0 Å². The van der Waals surface area contributed by atoms with Crippen LogP contribution >= 0.6 is 0 Å². The zero-order valence-corrected chi connectivity index (χ0v) is 18.0. The first kappa shape index (κ1) is 25.5. The van der Waals surface area contributed by atoms with E-state index in [1.165, 1.54) is 0 Å². The number of ketones is 1. The predicted octanol–water partition coefficient (Wildman–Crippen LogP) is 4.21. The molecule has 0 aliphatic rings. The van der Waals surface area contributed by atoms with Crippen molar-refractivity contribution in [3.8, 4) is 0 Å². The van der Waals surface area contributed by atoms with E-state index in [-0.39, 0.29) is 11.7 Å². The van der Waals surface area contributed by atoms with Crippen molar-refractivity contribution in [2.45, 2.75) is 86.5 Å². The molecular formula is C21H42O5. The van der Waals surface area contributed by atoms with Crippen molar-refractivity contribution in [3.63, 3.8) is 0 Å². The van der Waals surface area contributed by atoms with E-state index in [4.69, 9.17) is 14.2 Å². The Hall–Kier alpha value is -0.490. The van der Waals surface area contributed by atoms with Crippen LogP contribution in [0.15, 0.2) is 0 Å². The molecule has 156 valence electrons. The van der Waals surface area contributed by atoms with Crippen molar-refractivity contribution in [3.05, 3.63) is 0 Å². The molecule has 0 heterocycles. The van der Waals surface area contributed by atoms with Gasteiger partial charge in [-0.25, -0.2) is 0 Å². The van der Waals surface area contributed by atoms with Crippen molar-refractivity contribution in [1.82, 2.24) is 0 Å². The summed E-state index contributed by atoms with van der Waals surface area (Å²) in [5, 5.41) is 10.6. The zero-order chi connectivity index (χ0) is 20.2. The Morgan fingerprint density at radius 1 is 0.962 bits per heavy atom. The molecule has 0 aromatic carbocycles. The summed E-state index contributed by atoms with van der Waals surface area (Å²) in [5.41, 5.74) is -0.826. The number of aliphatic hydroxyl groups is 1. The van der Waals surface area contributed by atoms with Crippen LogP contribution in [0.1, 0.15) is 74.1 Å². The van der Waals surface area contributed by atoms with Crippen LogP contribution in [-0.4, -0.2) is 49.7 Å². The van der Waals surface area contributed by atoms with Gasteiger partial charge in [-0.3, -0.25) is 4.79 Å². The molecule has 0 saturated carbocycles. The first-order valence-corrected chi connectivity index (χ1v) is 10.3. The van der Waals surface area contributed by atoms with E-state index in [9.17, 15) is 9.90 Å². The largest absolute Gasteiger partial charge is 0.392 e. The van der Waals surface area contributed by atoms with Crippen molar-refractivity contribution in [1.29, 1.82) is 0 Å². The van der Waals surface area contributed by atoms with E-state index in [0.717, 1.165) is 25.7 Å². The molecule has 0 radical (unpaired) electrons. The molecule has 0 aliphatic heterocycles. The number of Topliss-reactive ketones (excluding diaryl/α,β-unsaturated/α-hetero) is 1. The molecule has 5 nitrogen and oxygen atoms in total. The van der Waals surface area contributed by atoms with Gasteiger partial charge in [-0.05, 0) is 33.1 Å². The molecule has 0 aromatic heterocycles. The summed E-state index contributed by atoms with van der Waals surface area (Å²) in [6.45, 7) is 15.8. The van der Waals surface area contributed by atoms with Gasteiger partial charge in [-0.2, -0.15) is 0 Å². The summed E-state index contributed by atoms with van der Waals surface area (Å²) >= 11 is 0. The van der Waals surface area contributed by atoms with Crippen LogP contribution in [0.25, 0.3) is 0 Å². The number of hydrogen-bond acceptors (Lipinski definition) is 5. The number of carbonyl (C=O) groups excluding carboxylic acids is 1. The Kier molecular flexibility index (Phi) is 13.4. The van der Waals surface area contributed by atoms with Gasteiger partial charge in [0.25, 0.3) is 0 Å². The molecule has 0 amide bonds. The van der Waals surface area contributed by atoms with Gasteiger partial charge in [0.15, 0.2) is 6.29 Å². The monoisotopic (exact) mass is 374 g/mol. The highest BCUT2D eigenvalue weighted by Gasteiger charge is 2.43. The molecule has 0 rings (SSSR count). The van der Waals surface area contributed by atoms with Gasteiger partial charge in [0.2, 0.25) is 0 Å².